The van der Waals surface area contributed by atoms with Gasteiger partial charge in [0.15, 0.2) is 0 Å². The van der Waals surface area contributed by atoms with Gasteiger partial charge in [-0.2, -0.15) is 0 Å². The Balaban J connectivity index is 1.75. The zero-order chi connectivity index (χ0) is 24.3. The number of amides is 2. The van der Waals surface area contributed by atoms with E-state index in [-0.39, 0.29) is 24.8 Å². The standard InChI is InChI=1S/C28H31FN2O3/c1-21-14-16-24(17-15-21)34-18-8-13-27(32)31(20-23-11-6-7-12-25(23)29)26(28(33)30-2)19-22-9-4-3-5-10-22/h3-7,9-12,14-17,26H,8,13,18-20H2,1-2H3,(H,30,33)/t26-/m1/s1. The van der Waals surface area contributed by atoms with E-state index in [2.05, 4.69) is 5.32 Å². The lowest BCUT2D eigenvalue weighted by Gasteiger charge is -2.31. The van der Waals surface area contributed by atoms with E-state index < -0.39 is 11.9 Å². The van der Waals surface area contributed by atoms with Gasteiger partial charge in [-0.15, -0.1) is 0 Å². The predicted molar refractivity (Wildman–Crippen MR) is 131 cm³/mol. The van der Waals surface area contributed by atoms with Crippen molar-refractivity contribution in [2.24, 2.45) is 0 Å². The van der Waals surface area contributed by atoms with Crippen molar-refractivity contribution >= 4 is 11.8 Å². The minimum atomic E-state index is -0.766. The van der Waals surface area contributed by atoms with Crippen molar-refractivity contribution in [3.8, 4) is 5.75 Å². The van der Waals surface area contributed by atoms with E-state index in [1.54, 1.807) is 25.2 Å². The average Bonchev–Trinajstić information content (AvgIpc) is 2.86. The molecular formula is C28H31FN2O3. The summed E-state index contributed by atoms with van der Waals surface area (Å²) in [7, 11) is 1.54. The van der Waals surface area contributed by atoms with Crippen LogP contribution in [0.25, 0.3) is 0 Å². The fourth-order valence-corrected chi connectivity index (χ4v) is 3.72. The van der Waals surface area contributed by atoms with Crippen LogP contribution in [-0.4, -0.2) is 36.4 Å². The number of likely N-dealkylation sites (N-methyl/N-ethyl adjacent to an activating group) is 1. The van der Waals surface area contributed by atoms with Gasteiger partial charge in [-0.05, 0) is 37.1 Å². The lowest BCUT2D eigenvalue weighted by molar-refractivity contribution is -0.141. The van der Waals surface area contributed by atoms with E-state index in [9.17, 15) is 14.0 Å². The Hall–Kier alpha value is -3.67. The van der Waals surface area contributed by atoms with Gasteiger partial charge in [0, 0.05) is 32.0 Å². The highest BCUT2D eigenvalue weighted by Crippen LogP contribution is 2.18. The maximum Gasteiger partial charge on any atom is 0.242 e. The molecule has 0 aromatic heterocycles. The molecule has 3 aromatic carbocycles. The number of carbonyl (C=O) groups excluding carboxylic acids is 2. The molecule has 34 heavy (non-hydrogen) atoms. The van der Waals surface area contributed by atoms with Crippen LogP contribution >= 0.6 is 0 Å². The predicted octanol–water partition coefficient (Wildman–Crippen LogP) is 4.68. The van der Waals surface area contributed by atoms with Gasteiger partial charge in [0.1, 0.15) is 17.6 Å². The number of nitrogens with one attached hydrogen (secondary N) is 1. The second-order valence-electron chi connectivity index (χ2n) is 8.20. The Labute approximate surface area is 200 Å². The van der Waals surface area contributed by atoms with Crippen LogP contribution in [0.1, 0.15) is 29.5 Å². The number of ether oxygens (including phenoxy) is 1. The molecule has 5 nitrogen and oxygen atoms in total. The fourth-order valence-electron chi connectivity index (χ4n) is 3.72. The number of aryl methyl sites for hydroxylation is 1. The highest BCUT2D eigenvalue weighted by molar-refractivity contribution is 5.87. The molecule has 1 N–H and O–H groups in total. The SMILES string of the molecule is CNC(=O)[C@@H](Cc1ccccc1)N(Cc1ccccc1F)C(=O)CCCOc1ccc(C)cc1. The first-order chi connectivity index (χ1) is 16.5. The molecule has 0 aliphatic rings. The summed E-state index contributed by atoms with van der Waals surface area (Å²) in [5.41, 5.74) is 2.43. The summed E-state index contributed by atoms with van der Waals surface area (Å²) in [6, 6.07) is 22.8. The second-order valence-corrected chi connectivity index (χ2v) is 8.20. The first kappa shape index (κ1) is 25.0. The fraction of sp³-hybridized carbons (Fsp3) is 0.286. The van der Waals surface area contributed by atoms with Gasteiger partial charge in [-0.3, -0.25) is 9.59 Å². The lowest BCUT2D eigenvalue weighted by atomic mass is 10.0. The first-order valence-electron chi connectivity index (χ1n) is 11.5. The van der Waals surface area contributed by atoms with Crippen molar-refractivity contribution in [2.75, 3.05) is 13.7 Å². The molecule has 0 spiro atoms. The summed E-state index contributed by atoms with van der Waals surface area (Å²) >= 11 is 0. The summed E-state index contributed by atoms with van der Waals surface area (Å²) in [4.78, 5) is 27.7. The third-order valence-electron chi connectivity index (χ3n) is 5.64. The van der Waals surface area contributed by atoms with Crippen LogP contribution in [0.15, 0.2) is 78.9 Å². The highest BCUT2D eigenvalue weighted by atomic mass is 19.1. The minimum Gasteiger partial charge on any atom is -0.494 e. The molecule has 2 amide bonds. The Morgan fingerprint density at radius 2 is 1.65 bits per heavy atom. The molecule has 3 aromatic rings. The van der Waals surface area contributed by atoms with E-state index in [0.717, 1.165) is 16.9 Å². The third-order valence-corrected chi connectivity index (χ3v) is 5.64. The van der Waals surface area contributed by atoms with Gasteiger partial charge in [-0.1, -0.05) is 66.2 Å². The van der Waals surface area contributed by atoms with Crippen LogP contribution < -0.4 is 10.1 Å². The van der Waals surface area contributed by atoms with Crippen molar-refractivity contribution in [1.29, 1.82) is 0 Å². The van der Waals surface area contributed by atoms with Gasteiger partial charge in [0.25, 0.3) is 0 Å². The molecule has 0 saturated carbocycles. The Kier molecular flexibility index (Phi) is 9.21. The number of carbonyl (C=O) groups is 2. The summed E-state index contributed by atoms with van der Waals surface area (Å²) in [6.07, 6.45) is 0.995. The van der Waals surface area contributed by atoms with E-state index >= 15 is 0 Å². The Morgan fingerprint density at radius 3 is 2.32 bits per heavy atom. The molecule has 0 radical (unpaired) electrons. The smallest absolute Gasteiger partial charge is 0.242 e. The van der Waals surface area contributed by atoms with Crippen LogP contribution in [-0.2, 0) is 22.6 Å². The number of nitrogens with zero attached hydrogens (tertiary/aromatic N) is 1. The van der Waals surface area contributed by atoms with Crippen molar-refractivity contribution in [3.05, 3.63) is 101 Å². The maximum atomic E-state index is 14.5. The summed E-state index contributed by atoms with van der Waals surface area (Å²) < 4.78 is 20.2. The third kappa shape index (κ3) is 7.17. The van der Waals surface area contributed by atoms with E-state index in [0.29, 0.717) is 25.0 Å². The molecule has 0 saturated heterocycles. The van der Waals surface area contributed by atoms with Crippen molar-refractivity contribution in [2.45, 2.75) is 38.8 Å². The number of hydrogen-bond donors (Lipinski definition) is 1. The molecule has 0 bridgehead atoms. The molecule has 0 heterocycles. The minimum absolute atomic E-state index is 0.00917. The normalized spacial score (nSPS) is 11.5. The number of halogens is 1. The molecular weight excluding hydrogens is 431 g/mol. The van der Waals surface area contributed by atoms with E-state index in [4.69, 9.17) is 4.74 Å². The van der Waals surface area contributed by atoms with Crippen molar-refractivity contribution < 1.29 is 18.7 Å². The topological polar surface area (TPSA) is 58.6 Å². The van der Waals surface area contributed by atoms with Gasteiger partial charge in [0.2, 0.25) is 11.8 Å². The molecule has 3 rings (SSSR count). The molecule has 0 aliphatic carbocycles. The van der Waals surface area contributed by atoms with Crippen LogP contribution in [0, 0.1) is 12.7 Å². The largest absolute Gasteiger partial charge is 0.494 e. The molecule has 6 heteroatoms. The summed E-state index contributed by atoms with van der Waals surface area (Å²) in [6.45, 7) is 2.38. The van der Waals surface area contributed by atoms with Crippen molar-refractivity contribution in [1.82, 2.24) is 10.2 Å². The molecule has 0 fully saturated rings. The van der Waals surface area contributed by atoms with Crippen LogP contribution in [0.2, 0.25) is 0 Å². The van der Waals surface area contributed by atoms with Gasteiger partial charge >= 0.3 is 0 Å². The lowest BCUT2D eigenvalue weighted by Crippen LogP contribution is -2.49. The number of hydrogen-bond acceptors (Lipinski definition) is 3. The number of benzene rings is 3. The zero-order valence-corrected chi connectivity index (χ0v) is 19.7. The second kappa shape index (κ2) is 12.5. The first-order valence-corrected chi connectivity index (χ1v) is 11.5. The van der Waals surface area contributed by atoms with Gasteiger partial charge in [0.05, 0.1) is 6.61 Å². The van der Waals surface area contributed by atoms with E-state index in [1.165, 1.54) is 11.0 Å². The van der Waals surface area contributed by atoms with Crippen molar-refractivity contribution in [3.63, 3.8) is 0 Å². The zero-order valence-electron chi connectivity index (χ0n) is 19.7. The summed E-state index contributed by atoms with van der Waals surface area (Å²) in [5.74, 6) is -0.170. The van der Waals surface area contributed by atoms with Gasteiger partial charge in [-0.25, -0.2) is 4.39 Å². The summed E-state index contributed by atoms with van der Waals surface area (Å²) in [5, 5.41) is 2.66. The Morgan fingerprint density at radius 1 is 0.971 bits per heavy atom. The molecule has 178 valence electrons. The molecule has 1 atom stereocenters. The van der Waals surface area contributed by atoms with Gasteiger partial charge < -0.3 is 15.0 Å². The van der Waals surface area contributed by atoms with Crippen LogP contribution in [0.4, 0.5) is 4.39 Å². The van der Waals surface area contributed by atoms with Crippen LogP contribution in [0.3, 0.4) is 0 Å². The number of rotatable bonds is 11. The molecule has 0 unspecified atom stereocenters. The van der Waals surface area contributed by atoms with E-state index in [1.807, 2.05) is 61.5 Å². The average molecular weight is 463 g/mol. The highest BCUT2D eigenvalue weighted by Gasteiger charge is 2.30. The monoisotopic (exact) mass is 462 g/mol. The maximum absolute atomic E-state index is 14.5. The van der Waals surface area contributed by atoms with Crippen LogP contribution in [0.5, 0.6) is 5.75 Å². The molecule has 0 aliphatic heterocycles. The quantitative estimate of drug-likeness (QED) is 0.421. The Bertz CT molecular complexity index is 1070.